The second-order valence-electron chi connectivity index (χ2n) is 5.99. The van der Waals surface area contributed by atoms with Crippen molar-refractivity contribution in [3.05, 3.63) is 52.9 Å². The molecule has 3 aromatic rings. The number of halogens is 4. The summed E-state index contributed by atoms with van der Waals surface area (Å²) in [5.41, 5.74) is -2.15. The van der Waals surface area contributed by atoms with Gasteiger partial charge in [0.15, 0.2) is 11.0 Å². The molecule has 6 nitrogen and oxygen atoms in total. The number of amides is 1. The Bertz CT molecular complexity index is 987. The van der Waals surface area contributed by atoms with Gasteiger partial charge in [0.05, 0.1) is 12.1 Å². The van der Waals surface area contributed by atoms with Crippen LogP contribution in [0.15, 0.2) is 42.0 Å². The predicted octanol–water partition coefficient (Wildman–Crippen LogP) is 3.98. The molecule has 0 aliphatic carbocycles. The number of hydrogen-bond acceptors (Lipinski definition) is 5. The normalized spacial score (nSPS) is 13.9. The minimum Gasteiger partial charge on any atom is -0.374 e. The summed E-state index contributed by atoms with van der Waals surface area (Å²) in [7, 11) is 1.30. The molecule has 0 fully saturated rings. The monoisotopic (exact) mass is 430 g/mol. The smallest absolute Gasteiger partial charge is 0.374 e. The highest BCUT2D eigenvalue weighted by molar-refractivity contribution is 7.14. The van der Waals surface area contributed by atoms with Gasteiger partial charge in [-0.3, -0.25) is 4.79 Å². The lowest BCUT2D eigenvalue weighted by atomic mass is 9.97. The van der Waals surface area contributed by atoms with E-state index < -0.39 is 29.9 Å². The molecule has 0 aliphatic heterocycles. The zero-order chi connectivity index (χ0) is 20.5. The quantitative estimate of drug-likeness (QED) is 0.641. The number of anilines is 1. The second kappa shape index (κ2) is 7.53. The molecule has 0 radical (unpaired) electrons. The Hall–Kier alpha value is -2.43. The number of aromatic nitrogens is 3. The lowest BCUT2D eigenvalue weighted by molar-refractivity contribution is -0.270. The summed E-state index contributed by atoms with van der Waals surface area (Å²) >= 11 is 6.88. The van der Waals surface area contributed by atoms with Crippen molar-refractivity contribution in [1.29, 1.82) is 0 Å². The van der Waals surface area contributed by atoms with Crippen LogP contribution in [0.2, 0.25) is 5.02 Å². The first-order valence-electron chi connectivity index (χ1n) is 7.88. The number of hydrogen-bond donors (Lipinski definition) is 2. The summed E-state index contributed by atoms with van der Waals surface area (Å²) in [5.74, 6) is -1.71. The number of rotatable bonds is 5. The molecule has 2 heterocycles. The van der Waals surface area contributed by atoms with Crippen molar-refractivity contribution >= 4 is 34.0 Å². The molecule has 1 atom stereocenters. The molecule has 1 amide bonds. The molecule has 11 heteroatoms. The second-order valence-corrected chi connectivity index (χ2v) is 7.28. The number of nitrogens with one attached hydrogen (secondary N) is 1. The van der Waals surface area contributed by atoms with Gasteiger partial charge in [-0.1, -0.05) is 23.7 Å². The van der Waals surface area contributed by atoms with Crippen LogP contribution in [0.4, 0.5) is 18.3 Å². The van der Waals surface area contributed by atoms with Gasteiger partial charge in [-0.05, 0) is 12.1 Å². The number of carbonyl (C=O) groups excluding carboxylic acids is 1. The fourth-order valence-electron chi connectivity index (χ4n) is 2.55. The van der Waals surface area contributed by atoms with Crippen molar-refractivity contribution in [3.8, 4) is 11.3 Å². The average molecular weight is 431 g/mol. The van der Waals surface area contributed by atoms with Crippen molar-refractivity contribution in [3.63, 3.8) is 0 Å². The topological polar surface area (TPSA) is 80.0 Å². The summed E-state index contributed by atoms with van der Waals surface area (Å²) in [5, 5.41) is 14.9. The van der Waals surface area contributed by atoms with E-state index in [0.29, 0.717) is 10.7 Å². The fraction of sp³-hybridized carbons (Fsp3) is 0.235. The van der Waals surface area contributed by atoms with E-state index in [4.69, 9.17) is 11.6 Å². The van der Waals surface area contributed by atoms with Crippen molar-refractivity contribution < 1.29 is 23.1 Å². The van der Waals surface area contributed by atoms with Gasteiger partial charge < -0.3 is 15.0 Å². The highest BCUT2D eigenvalue weighted by Gasteiger charge is 2.58. The maximum atomic E-state index is 13.5. The summed E-state index contributed by atoms with van der Waals surface area (Å²) < 4.78 is 41.5. The van der Waals surface area contributed by atoms with Gasteiger partial charge in [0.25, 0.3) is 0 Å². The molecule has 0 saturated heterocycles. The molecule has 1 unspecified atom stereocenters. The molecular formula is C17H14ClF3N4O2S. The number of nitrogens with zero attached hydrogens (tertiary/aromatic N) is 3. The van der Waals surface area contributed by atoms with Crippen molar-refractivity contribution in [2.45, 2.75) is 18.2 Å². The van der Waals surface area contributed by atoms with Crippen molar-refractivity contribution in [2.75, 3.05) is 5.32 Å². The lowest BCUT2D eigenvalue weighted by Crippen LogP contribution is -2.46. The van der Waals surface area contributed by atoms with Gasteiger partial charge in [0.2, 0.25) is 11.5 Å². The van der Waals surface area contributed by atoms with Crippen LogP contribution >= 0.6 is 22.9 Å². The largest absolute Gasteiger partial charge is 0.425 e. The predicted molar refractivity (Wildman–Crippen MR) is 99.0 cm³/mol. The number of benzene rings is 1. The molecule has 0 aliphatic rings. The Morgan fingerprint density at radius 1 is 1.32 bits per heavy atom. The maximum absolute atomic E-state index is 13.5. The number of thiazole rings is 1. The van der Waals surface area contributed by atoms with Crippen molar-refractivity contribution in [2.24, 2.45) is 7.05 Å². The Labute approximate surface area is 166 Å². The summed E-state index contributed by atoms with van der Waals surface area (Å²) in [4.78, 5) is 19.9. The molecule has 148 valence electrons. The standard InChI is InChI=1S/C17H14ClF3N4O2S/c1-25-7-6-22-14(25)16(27,17(19,20)21)8-13(26)24-15-23-12(9-28-15)10-2-4-11(18)5-3-10/h2-7,9,27H,8H2,1H3,(H,23,24,26). The third-order valence-corrected chi connectivity index (χ3v) is 4.98. The lowest BCUT2D eigenvalue weighted by Gasteiger charge is -2.29. The van der Waals surface area contributed by atoms with Gasteiger partial charge in [-0.15, -0.1) is 11.3 Å². The molecule has 2 N–H and O–H groups in total. The van der Waals surface area contributed by atoms with Crippen LogP contribution in [-0.4, -0.2) is 31.7 Å². The minimum absolute atomic E-state index is 0.110. The van der Waals surface area contributed by atoms with E-state index in [9.17, 15) is 23.1 Å². The number of carbonyl (C=O) groups is 1. The maximum Gasteiger partial charge on any atom is 0.425 e. The Balaban J connectivity index is 1.77. The van der Waals surface area contributed by atoms with Gasteiger partial charge in [-0.2, -0.15) is 13.2 Å². The van der Waals surface area contributed by atoms with E-state index in [-0.39, 0.29) is 5.13 Å². The van der Waals surface area contributed by atoms with E-state index >= 15 is 0 Å². The van der Waals surface area contributed by atoms with Crippen LogP contribution < -0.4 is 5.32 Å². The third kappa shape index (κ3) is 4.03. The van der Waals surface area contributed by atoms with Crippen LogP contribution in [0.25, 0.3) is 11.3 Å². The summed E-state index contributed by atoms with van der Waals surface area (Å²) in [6, 6.07) is 6.80. The van der Waals surface area contributed by atoms with E-state index in [1.165, 1.54) is 13.2 Å². The number of aliphatic hydroxyl groups is 1. The van der Waals surface area contributed by atoms with E-state index in [0.717, 1.165) is 27.7 Å². The SMILES string of the molecule is Cn1ccnc1C(O)(CC(=O)Nc1nc(-c2ccc(Cl)cc2)cs1)C(F)(F)F. The number of imidazole rings is 1. The minimum atomic E-state index is -5.10. The Kier molecular flexibility index (Phi) is 5.46. The molecule has 0 saturated carbocycles. The first-order chi connectivity index (χ1) is 13.1. The molecular weight excluding hydrogens is 417 g/mol. The average Bonchev–Trinajstić information content (AvgIpc) is 3.23. The van der Waals surface area contributed by atoms with Crippen LogP contribution in [-0.2, 0) is 17.4 Å². The van der Waals surface area contributed by atoms with Crippen LogP contribution in [0.1, 0.15) is 12.2 Å². The summed E-state index contributed by atoms with van der Waals surface area (Å²) in [6.45, 7) is 0. The molecule has 3 rings (SSSR count). The van der Waals surface area contributed by atoms with Crippen LogP contribution in [0.5, 0.6) is 0 Å². The van der Waals surface area contributed by atoms with E-state index in [1.54, 1.807) is 29.6 Å². The van der Waals surface area contributed by atoms with Gasteiger partial charge in [0.1, 0.15) is 0 Å². The Morgan fingerprint density at radius 2 is 2.00 bits per heavy atom. The van der Waals surface area contributed by atoms with Gasteiger partial charge >= 0.3 is 6.18 Å². The Morgan fingerprint density at radius 3 is 2.57 bits per heavy atom. The number of alkyl halides is 3. The molecule has 2 aromatic heterocycles. The first-order valence-corrected chi connectivity index (χ1v) is 9.14. The highest BCUT2D eigenvalue weighted by Crippen LogP contribution is 2.41. The molecule has 0 bridgehead atoms. The third-order valence-electron chi connectivity index (χ3n) is 3.97. The molecule has 0 spiro atoms. The first kappa shape index (κ1) is 20.3. The molecule has 1 aromatic carbocycles. The van der Waals surface area contributed by atoms with E-state index in [1.807, 2.05) is 0 Å². The zero-order valence-corrected chi connectivity index (χ0v) is 15.9. The van der Waals surface area contributed by atoms with Crippen molar-refractivity contribution in [1.82, 2.24) is 14.5 Å². The fourth-order valence-corrected chi connectivity index (χ4v) is 3.41. The molecule has 28 heavy (non-hydrogen) atoms. The highest BCUT2D eigenvalue weighted by atomic mass is 35.5. The van der Waals surface area contributed by atoms with Gasteiger partial charge in [-0.25, -0.2) is 9.97 Å². The summed E-state index contributed by atoms with van der Waals surface area (Å²) in [6.07, 6.45) is -3.98. The zero-order valence-electron chi connectivity index (χ0n) is 14.4. The van der Waals surface area contributed by atoms with Crippen LogP contribution in [0, 0.1) is 0 Å². The van der Waals surface area contributed by atoms with Gasteiger partial charge in [0, 0.05) is 35.4 Å². The number of aryl methyl sites for hydroxylation is 1. The van der Waals surface area contributed by atoms with Crippen LogP contribution in [0.3, 0.4) is 0 Å². The van der Waals surface area contributed by atoms with E-state index in [2.05, 4.69) is 15.3 Å².